The van der Waals surface area contributed by atoms with Gasteiger partial charge in [-0.05, 0) is 22.0 Å². The molecule has 0 unspecified atom stereocenters. The molecule has 0 bridgehead atoms. The Morgan fingerprint density at radius 1 is 1.50 bits per heavy atom. The third-order valence-corrected chi connectivity index (χ3v) is 1.46. The van der Waals surface area contributed by atoms with Crippen molar-refractivity contribution in [3.63, 3.8) is 0 Å². The first-order valence-corrected chi connectivity index (χ1v) is 3.74. The molecule has 0 aliphatic carbocycles. The van der Waals surface area contributed by atoms with Gasteiger partial charge in [0, 0.05) is 18.5 Å². The molecule has 0 radical (unpaired) electrons. The van der Waals surface area contributed by atoms with Crippen LogP contribution in [-0.2, 0) is 0 Å². The predicted molar refractivity (Wildman–Crippen MR) is 46.9 cm³/mol. The van der Waals surface area contributed by atoms with Crippen LogP contribution in [0.3, 0.4) is 0 Å². The molecule has 2 aromatic heterocycles. The van der Waals surface area contributed by atoms with Crippen LogP contribution in [0.2, 0.25) is 0 Å². The number of hydrogen-bond acceptors (Lipinski definition) is 3. The van der Waals surface area contributed by atoms with E-state index in [1.54, 1.807) is 0 Å². The van der Waals surface area contributed by atoms with E-state index >= 15 is 0 Å². The summed E-state index contributed by atoms with van der Waals surface area (Å²) < 4.78 is 38.1. The van der Waals surface area contributed by atoms with Gasteiger partial charge in [-0.1, -0.05) is 0 Å². The average molecular weight is 230 g/mol. The van der Waals surface area contributed by atoms with Crippen LogP contribution in [0.15, 0.2) is 35.5 Å². The van der Waals surface area contributed by atoms with Crippen LogP contribution in [0.1, 0.15) is 6.85 Å². The molecule has 60 valence electrons. The normalized spacial score (nSPS) is 15.9. The number of aromatic nitrogens is 4. The SMILES string of the molecule is [2H]c1nc(-n2c([2H])nc([2H])c2[2H])nc(Br)c1[2H]. The minimum absolute atomic E-state index is 0.0894. The van der Waals surface area contributed by atoms with Gasteiger partial charge >= 0.3 is 0 Å². The molecule has 0 spiro atoms. The number of nitrogens with zero attached hydrogens (tertiary/aromatic N) is 4. The number of imidazole rings is 1. The first-order valence-electron chi connectivity index (χ1n) is 5.45. The van der Waals surface area contributed by atoms with E-state index in [-0.39, 0.29) is 41.4 Å². The van der Waals surface area contributed by atoms with Gasteiger partial charge in [-0.15, -0.1) is 0 Å². The van der Waals surface area contributed by atoms with Crippen molar-refractivity contribution in [2.75, 3.05) is 0 Å². The third kappa shape index (κ3) is 1.35. The van der Waals surface area contributed by atoms with Crippen LogP contribution in [0.5, 0.6) is 0 Å². The summed E-state index contributed by atoms with van der Waals surface area (Å²) in [6.45, 7) is 0. The lowest BCUT2D eigenvalue weighted by molar-refractivity contribution is 0.917. The Morgan fingerprint density at radius 2 is 2.42 bits per heavy atom. The highest BCUT2D eigenvalue weighted by molar-refractivity contribution is 9.10. The maximum absolute atomic E-state index is 7.54. The first kappa shape index (κ1) is 3.66. The summed E-state index contributed by atoms with van der Waals surface area (Å²) in [7, 11) is 0. The summed E-state index contributed by atoms with van der Waals surface area (Å²) >= 11 is 2.99. The minimum atomic E-state index is -0.365. The monoisotopic (exact) mass is 229 g/mol. The minimum Gasteiger partial charge on any atom is -0.274 e. The summed E-state index contributed by atoms with van der Waals surface area (Å²) in [6.07, 6.45) is -1.39. The molecule has 0 aromatic carbocycles. The fraction of sp³-hybridized carbons (Fsp3) is 0. The summed E-state index contributed by atoms with van der Waals surface area (Å²) in [5, 5.41) is 0. The Kier molecular flexibility index (Phi) is 0.920. The zero-order chi connectivity index (χ0) is 12.7. The lowest BCUT2D eigenvalue weighted by Gasteiger charge is -1.97. The highest BCUT2D eigenvalue weighted by atomic mass is 79.9. The second-order valence-electron chi connectivity index (χ2n) is 1.82. The summed E-state index contributed by atoms with van der Waals surface area (Å²) in [6, 6.07) is -0.182. The number of rotatable bonds is 1. The van der Waals surface area contributed by atoms with Crippen molar-refractivity contribution in [2.45, 2.75) is 0 Å². The maximum atomic E-state index is 7.54. The van der Waals surface area contributed by atoms with E-state index in [1.807, 2.05) is 0 Å². The maximum Gasteiger partial charge on any atom is 0.235 e. The molecular formula is C7H5BrN4. The largest absolute Gasteiger partial charge is 0.274 e. The van der Waals surface area contributed by atoms with Crippen molar-refractivity contribution in [3.8, 4) is 5.95 Å². The standard InChI is InChI=1S/C7H5BrN4/c8-6-1-2-10-7(11-6)12-4-3-9-5-12/h1-5H/i1D,2D,3D,4D,5D. The van der Waals surface area contributed by atoms with Crippen LogP contribution in [0, 0.1) is 0 Å². The quantitative estimate of drug-likeness (QED) is 0.696. The molecule has 2 heterocycles. The van der Waals surface area contributed by atoms with Crippen LogP contribution >= 0.6 is 15.9 Å². The van der Waals surface area contributed by atoms with Gasteiger partial charge in [0.25, 0.3) is 0 Å². The molecule has 0 N–H and O–H groups in total. The Labute approximate surface area is 84.5 Å². The predicted octanol–water partition coefficient (Wildman–Crippen LogP) is 1.42. The van der Waals surface area contributed by atoms with Crippen molar-refractivity contribution in [1.29, 1.82) is 0 Å². The van der Waals surface area contributed by atoms with Crippen molar-refractivity contribution >= 4 is 15.9 Å². The molecule has 0 amide bonds. The molecule has 5 heteroatoms. The molecule has 0 fully saturated rings. The first-order chi connectivity index (χ1) is 7.91. The fourth-order valence-electron chi connectivity index (χ4n) is 0.635. The Balaban J connectivity index is 2.69. The number of halogens is 1. The van der Waals surface area contributed by atoms with Gasteiger partial charge in [0.2, 0.25) is 5.95 Å². The lowest BCUT2D eigenvalue weighted by Crippen LogP contribution is -1.97. The second-order valence-corrected chi connectivity index (χ2v) is 2.57. The van der Waals surface area contributed by atoms with Crippen molar-refractivity contribution < 1.29 is 6.85 Å². The van der Waals surface area contributed by atoms with Gasteiger partial charge in [-0.25, -0.2) is 15.0 Å². The second kappa shape index (κ2) is 3.02. The topological polar surface area (TPSA) is 43.6 Å². The highest BCUT2D eigenvalue weighted by Gasteiger charge is 1.97. The van der Waals surface area contributed by atoms with E-state index in [9.17, 15) is 0 Å². The fourth-order valence-corrected chi connectivity index (χ4v) is 0.882. The van der Waals surface area contributed by atoms with E-state index in [0.717, 1.165) is 4.57 Å². The lowest BCUT2D eigenvalue weighted by atomic mass is 10.7. The Morgan fingerprint density at radius 3 is 3.08 bits per heavy atom. The van der Waals surface area contributed by atoms with Gasteiger partial charge < -0.3 is 0 Å². The molecule has 4 nitrogen and oxygen atoms in total. The summed E-state index contributed by atoms with van der Waals surface area (Å²) in [5.41, 5.74) is 0. The van der Waals surface area contributed by atoms with E-state index in [2.05, 4.69) is 30.9 Å². The van der Waals surface area contributed by atoms with Crippen molar-refractivity contribution in [2.24, 2.45) is 0 Å². The van der Waals surface area contributed by atoms with E-state index in [1.165, 1.54) is 0 Å². The molecule has 2 aromatic rings. The molecule has 0 saturated heterocycles. The van der Waals surface area contributed by atoms with E-state index < -0.39 is 0 Å². The molecule has 0 atom stereocenters. The Hall–Kier alpha value is -1.23. The average Bonchev–Trinajstić information content (AvgIpc) is 2.49. The van der Waals surface area contributed by atoms with Crippen LogP contribution in [0.4, 0.5) is 0 Å². The van der Waals surface area contributed by atoms with E-state index in [4.69, 9.17) is 6.85 Å². The van der Waals surface area contributed by atoms with Crippen LogP contribution in [0.25, 0.3) is 5.95 Å². The van der Waals surface area contributed by atoms with Crippen molar-refractivity contribution in [1.82, 2.24) is 19.5 Å². The number of hydrogen-bond donors (Lipinski definition) is 0. The van der Waals surface area contributed by atoms with Gasteiger partial charge in [-0.3, -0.25) is 4.57 Å². The van der Waals surface area contributed by atoms with Gasteiger partial charge in [0.15, 0.2) is 0 Å². The third-order valence-electron chi connectivity index (χ3n) is 1.08. The molecule has 0 aliphatic rings. The molecule has 0 saturated carbocycles. The Bertz CT molecular complexity index is 575. The van der Waals surface area contributed by atoms with E-state index in [0.29, 0.717) is 0 Å². The molecule has 12 heavy (non-hydrogen) atoms. The molecule has 2 rings (SSSR count). The highest BCUT2D eigenvalue weighted by Crippen LogP contribution is 2.06. The summed E-state index contributed by atoms with van der Waals surface area (Å²) in [5.74, 6) is -0.126. The van der Waals surface area contributed by atoms with Gasteiger partial charge in [-0.2, -0.15) is 0 Å². The van der Waals surface area contributed by atoms with Crippen LogP contribution < -0.4 is 0 Å². The smallest absolute Gasteiger partial charge is 0.235 e. The zero-order valence-electron chi connectivity index (χ0n) is 10.7. The molecular weight excluding hydrogens is 220 g/mol. The zero-order valence-corrected chi connectivity index (χ0v) is 7.25. The molecule has 0 aliphatic heterocycles. The summed E-state index contributed by atoms with van der Waals surface area (Å²) in [4.78, 5) is 11.0. The van der Waals surface area contributed by atoms with Crippen LogP contribution in [-0.4, -0.2) is 19.5 Å². The van der Waals surface area contributed by atoms with Crippen molar-refractivity contribution in [3.05, 3.63) is 35.5 Å². The van der Waals surface area contributed by atoms with Gasteiger partial charge in [0.1, 0.15) is 12.3 Å². The van der Waals surface area contributed by atoms with Gasteiger partial charge in [0.05, 0.1) is 5.48 Å².